The minimum atomic E-state index is 0.573. The topological polar surface area (TPSA) is 18.5 Å². The Morgan fingerprint density at radius 3 is 1.90 bits per heavy atom. The Balaban J connectivity index is 2.06. The molecule has 0 amide bonds. The fraction of sp³-hybridized carbons (Fsp3) is 0.263. The molecule has 0 radical (unpaired) electrons. The van der Waals surface area contributed by atoms with Gasteiger partial charge in [-0.3, -0.25) is 0 Å². The highest BCUT2D eigenvalue weighted by Gasteiger charge is 2.04. The zero-order valence-corrected chi connectivity index (χ0v) is 12.5. The van der Waals surface area contributed by atoms with Crippen molar-refractivity contribution in [3.8, 4) is 0 Å². The average molecular weight is 282 g/mol. The maximum absolute atomic E-state index is 5.66. The van der Waals surface area contributed by atoms with Crippen molar-refractivity contribution < 1.29 is 9.47 Å². The molecule has 0 fully saturated rings. The van der Waals surface area contributed by atoms with E-state index in [1.54, 1.807) is 0 Å². The van der Waals surface area contributed by atoms with Crippen molar-refractivity contribution in [2.45, 2.75) is 13.3 Å². The predicted octanol–water partition coefficient (Wildman–Crippen LogP) is 4.52. The Morgan fingerprint density at radius 2 is 1.38 bits per heavy atom. The number of hydrogen-bond donors (Lipinski definition) is 0. The molecule has 0 unspecified atom stereocenters. The third-order valence-electron chi connectivity index (χ3n) is 3.06. The second kappa shape index (κ2) is 8.98. The highest BCUT2D eigenvalue weighted by Crippen LogP contribution is 2.22. The summed E-state index contributed by atoms with van der Waals surface area (Å²) >= 11 is 0. The molecule has 2 aromatic carbocycles. The van der Waals surface area contributed by atoms with Gasteiger partial charge >= 0.3 is 0 Å². The van der Waals surface area contributed by atoms with Crippen LogP contribution in [0.2, 0.25) is 0 Å². The molecule has 21 heavy (non-hydrogen) atoms. The van der Waals surface area contributed by atoms with E-state index in [9.17, 15) is 0 Å². The van der Waals surface area contributed by atoms with Crippen LogP contribution in [0.3, 0.4) is 0 Å². The van der Waals surface area contributed by atoms with Gasteiger partial charge in [-0.25, -0.2) is 0 Å². The molecule has 0 aliphatic rings. The fourth-order valence-electron chi connectivity index (χ4n) is 2.03. The van der Waals surface area contributed by atoms with Crippen molar-refractivity contribution in [1.82, 2.24) is 0 Å². The first kappa shape index (κ1) is 15.3. The lowest BCUT2D eigenvalue weighted by Crippen LogP contribution is -2.02. The van der Waals surface area contributed by atoms with E-state index in [-0.39, 0.29) is 0 Å². The summed E-state index contributed by atoms with van der Waals surface area (Å²) in [6.07, 6.45) is 2.87. The van der Waals surface area contributed by atoms with E-state index >= 15 is 0 Å². The van der Waals surface area contributed by atoms with Gasteiger partial charge in [0.2, 0.25) is 0 Å². The molecule has 2 nitrogen and oxygen atoms in total. The van der Waals surface area contributed by atoms with Crippen molar-refractivity contribution in [2.24, 2.45) is 0 Å². The fourth-order valence-corrected chi connectivity index (χ4v) is 2.03. The van der Waals surface area contributed by atoms with Crippen molar-refractivity contribution in [3.05, 3.63) is 78.1 Å². The number of rotatable bonds is 8. The maximum Gasteiger partial charge on any atom is 0.111 e. The second-order valence-corrected chi connectivity index (χ2v) is 4.75. The zero-order valence-electron chi connectivity index (χ0n) is 12.5. The van der Waals surface area contributed by atoms with Gasteiger partial charge in [0, 0.05) is 12.2 Å². The van der Waals surface area contributed by atoms with Crippen LogP contribution in [-0.2, 0) is 9.47 Å². The molecular weight excluding hydrogens is 260 g/mol. The summed E-state index contributed by atoms with van der Waals surface area (Å²) < 4.78 is 11.1. The number of hydrogen-bond acceptors (Lipinski definition) is 2. The first-order valence-corrected chi connectivity index (χ1v) is 7.42. The normalized spacial score (nSPS) is 10.1. The summed E-state index contributed by atoms with van der Waals surface area (Å²) in [6.45, 7) is 4.09. The molecule has 0 atom stereocenters. The first-order chi connectivity index (χ1) is 10.4. The lowest BCUT2D eigenvalue weighted by molar-refractivity contribution is 0.0856. The number of ether oxygens (including phenoxy) is 2. The molecule has 110 valence electrons. The van der Waals surface area contributed by atoms with Crippen LogP contribution in [0.25, 0.3) is 5.57 Å². The van der Waals surface area contributed by atoms with Gasteiger partial charge in [-0.1, -0.05) is 67.6 Å². The summed E-state index contributed by atoms with van der Waals surface area (Å²) in [5, 5.41) is 0. The van der Waals surface area contributed by atoms with Crippen molar-refractivity contribution in [1.29, 1.82) is 0 Å². The molecule has 0 spiro atoms. The van der Waals surface area contributed by atoms with Crippen LogP contribution in [0, 0.1) is 0 Å². The third kappa shape index (κ3) is 5.09. The van der Waals surface area contributed by atoms with Gasteiger partial charge < -0.3 is 9.47 Å². The van der Waals surface area contributed by atoms with Gasteiger partial charge in [-0.15, -0.1) is 0 Å². The van der Waals surface area contributed by atoms with E-state index in [4.69, 9.17) is 9.47 Å². The van der Waals surface area contributed by atoms with Crippen LogP contribution in [0.1, 0.15) is 24.5 Å². The van der Waals surface area contributed by atoms with Crippen LogP contribution >= 0.6 is 0 Å². The molecule has 0 N–H and O–H groups in total. The van der Waals surface area contributed by atoms with Gasteiger partial charge in [0.05, 0.1) is 12.9 Å². The van der Waals surface area contributed by atoms with Gasteiger partial charge in [0.25, 0.3) is 0 Å². The summed E-state index contributed by atoms with van der Waals surface area (Å²) in [5.41, 5.74) is 3.39. The van der Waals surface area contributed by atoms with E-state index in [0.717, 1.165) is 29.7 Å². The lowest BCUT2D eigenvalue weighted by Gasteiger charge is -2.09. The van der Waals surface area contributed by atoms with Crippen molar-refractivity contribution in [3.63, 3.8) is 0 Å². The van der Waals surface area contributed by atoms with Gasteiger partial charge in [-0.05, 0) is 17.5 Å². The number of benzene rings is 2. The highest BCUT2D eigenvalue weighted by molar-refractivity contribution is 5.78. The van der Waals surface area contributed by atoms with Gasteiger partial charge in [0.1, 0.15) is 6.61 Å². The molecule has 2 heteroatoms. The molecule has 2 rings (SSSR count). The first-order valence-electron chi connectivity index (χ1n) is 7.42. The minimum absolute atomic E-state index is 0.573. The van der Waals surface area contributed by atoms with Crippen molar-refractivity contribution >= 4 is 5.57 Å². The van der Waals surface area contributed by atoms with Gasteiger partial charge in [-0.2, -0.15) is 0 Å². The Kier molecular flexibility index (Phi) is 6.56. The Labute approximate surface area is 127 Å². The van der Waals surface area contributed by atoms with Gasteiger partial charge in [0.15, 0.2) is 0 Å². The van der Waals surface area contributed by atoms with Crippen LogP contribution in [0.15, 0.2) is 66.9 Å². The lowest BCUT2D eigenvalue weighted by atomic mass is 9.99. The average Bonchev–Trinajstić information content (AvgIpc) is 2.56. The van der Waals surface area contributed by atoms with E-state index in [1.165, 1.54) is 0 Å². The van der Waals surface area contributed by atoms with E-state index in [2.05, 4.69) is 31.2 Å². The molecule has 0 aliphatic heterocycles. The van der Waals surface area contributed by atoms with Crippen molar-refractivity contribution in [2.75, 3.05) is 19.8 Å². The SMILES string of the molecule is CCCOCCOC=C(c1ccccc1)c1ccccc1. The molecule has 0 saturated heterocycles. The quantitative estimate of drug-likeness (QED) is 0.523. The van der Waals surface area contributed by atoms with Crippen LogP contribution in [-0.4, -0.2) is 19.8 Å². The standard InChI is InChI=1S/C19H22O2/c1-2-13-20-14-15-21-16-19(17-9-5-3-6-10-17)18-11-7-4-8-12-18/h3-12,16H,2,13-15H2,1H3. The Bertz CT molecular complexity index is 491. The molecule has 0 saturated carbocycles. The second-order valence-electron chi connectivity index (χ2n) is 4.75. The van der Waals surface area contributed by atoms with Crippen LogP contribution in [0.4, 0.5) is 0 Å². The summed E-state index contributed by atoms with van der Waals surface area (Å²) in [6, 6.07) is 20.6. The smallest absolute Gasteiger partial charge is 0.111 e. The maximum atomic E-state index is 5.66. The Morgan fingerprint density at radius 1 is 0.810 bits per heavy atom. The predicted molar refractivity (Wildman–Crippen MR) is 87.0 cm³/mol. The Hall–Kier alpha value is -2.06. The minimum Gasteiger partial charge on any atom is -0.498 e. The molecule has 0 aromatic heterocycles. The highest BCUT2D eigenvalue weighted by atomic mass is 16.5. The summed E-state index contributed by atoms with van der Waals surface area (Å²) in [5.74, 6) is 0. The summed E-state index contributed by atoms with van der Waals surface area (Å²) in [4.78, 5) is 0. The largest absolute Gasteiger partial charge is 0.498 e. The van der Waals surface area contributed by atoms with E-state index in [0.29, 0.717) is 13.2 Å². The van der Waals surface area contributed by atoms with E-state index in [1.807, 2.05) is 42.7 Å². The van der Waals surface area contributed by atoms with Crippen LogP contribution < -0.4 is 0 Å². The van der Waals surface area contributed by atoms with Crippen LogP contribution in [0.5, 0.6) is 0 Å². The third-order valence-corrected chi connectivity index (χ3v) is 3.06. The molecule has 0 heterocycles. The summed E-state index contributed by atoms with van der Waals surface area (Å²) in [7, 11) is 0. The van der Waals surface area contributed by atoms with E-state index < -0.39 is 0 Å². The zero-order chi connectivity index (χ0) is 14.8. The monoisotopic (exact) mass is 282 g/mol. The molecule has 0 bridgehead atoms. The molecular formula is C19H22O2. The molecule has 0 aliphatic carbocycles. The molecule has 2 aromatic rings.